The van der Waals surface area contributed by atoms with Crippen molar-refractivity contribution in [2.45, 2.75) is 25.2 Å². The summed E-state index contributed by atoms with van der Waals surface area (Å²) < 4.78 is 23.6. The Morgan fingerprint density at radius 2 is 1.71 bits per heavy atom. The normalized spacial score (nSPS) is 15.5. The molecule has 1 aromatic heterocycles. The molecule has 0 spiro atoms. The third kappa shape index (κ3) is 4.41. The smallest absolute Gasteiger partial charge is 0.312 e. The van der Waals surface area contributed by atoms with Crippen molar-refractivity contribution < 1.29 is 33.6 Å². The van der Waals surface area contributed by atoms with E-state index in [1.807, 2.05) is 54.6 Å². The van der Waals surface area contributed by atoms with E-state index in [2.05, 4.69) is 6.07 Å². The van der Waals surface area contributed by atoms with Gasteiger partial charge in [0.15, 0.2) is 16.9 Å². The summed E-state index contributed by atoms with van der Waals surface area (Å²) >= 11 is 0. The Morgan fingerprint density at radius 1 is 0.905 bits per heavy atom. The van der Waals surface area contributed by atoms with Crippen molar-refractivity contribution in [2.75, 3.05) is 13.2 Å². The van der Waals surface area contributed by atoms with Gasteiger partial charge in [0.1, 0.15) is 28.2 Å². The van der Waals surface area contributed by atoms with E-state index in [0.29, 0.717) is 42.1 Å². The maximum Gasteiger partial charge on any atom is 0.312 e. The van der Waals surface area contributed by atoms with Crippen LogP contribution < -0.4 is 19.6 Å². The van der Waals surface area contributed by atoms with Crippen LogP contribution in [0.1, 0.15) is 34.6 Å². The van der Waals surface area contributed by atoms with Crippen molar-refractivity contribution in [3.05, 3.63) is 111 Å². The van der Waals surface area contributed by atoms with Crippen LogP contribution in [-0.2, 0) is 17.6 Å². The monoisotopic (exact) mass is 562 g/mol. The first-order valence-corrected chi connectivity index (χ1v) is 13.8. The topological polar surface area (TPSA) is 115 Å². The lowest BCUT2D eigenvalue weighted by molar-refractivity contribution is -0.135. The molecule has 2 aliphatic heterocycles. The Bertz CT molecular complexity index is 1910. The molecule has 8 nitrogen and oxygen atoms in total. The second-order valence-corrected chi connectivity index (χ2v) is 10.4. The molecule has 0 radical (unpaired) electrons. The highest BCUT2D eigenvalue weighted by atomic mass is 16.5. The van der Waals surface area contributed by atoms with E-state index in [9.17, 15) is 19.8 Å². The lowest BCUT2D eigenvalue weighted by Crippen LogP contribution is -2.22. The van der Waals surface area contributed by atoms with Crippen LogP contribution in [-0.4, -0.2) is 29.4 Å². The van der Waals surface area contributed by atoms with Crippen LogP contribution in [0.4, 0.5) is 0 Å². The lowest BCUT2D eigenvalue weighted by atomic mass is 9.84. The van der Waals surface area contributed by atoms with E-state index in [-0.39, 0.29) is 28.9 Å². The number of benzene rings is 4. The number of para-hydroxylation sites is 1. The summed E-state index contributed by atoms with van der Waals surface area (Å²) in [5, 5.41) is 21.5. The molecular weight excluding hydrogens is 536 g/mol. The van der Waals surface area contributed by atoms with E-state index < -0.39 is 28.8 Å². The summed E-state index contributed by atoms with van der Waals surface area (Å²) in [6.45, 7) is 1.08. The Kier molecular flexibility index (Phi) is 6.31. The number of hydrogen-bond donors (Lipinski definition) is 2. The second kappa shape index (κ2) is 10.3. The Balaban J connectivity index is 1.31. The molecule has 5 aromatic rings. The Labute approximate surface area is 240 Å². The lowest BCUT2D eigenvalue weighted by Gasteiger charge is -2.28. The molecule has 1 atom stereocenters. The molecule has 4 aromatic carbocycles. The number of aromatic hydroxyl groups is 2. The fourth-order valence-electron chi connectivity index (χ4n) is 5.79. The van der Waals surface area contributed by atoms with E-state index in [0.717, 1.165) is 17.7 Å². The maximum atomic E-state index is 13.3. The summed E-state index contributed by atoms with van der Waals surface area (Å²) in [6, 6.07) is 23.8. The number of hydrogen-bond acceptors (Lipinski definition) is 8. The molecule has 2 aliphatic rings. The largest absolute Gasteiger partial charge is 0.504 e. The third-order valence-electron chi connectivity index (χ3n) is 7.80. The minimum Gasteiger partial charge on any atom is -0.504 e. The van der Waals surface area contributed by atoms with Crippen LogP contribution in [0.15, 0.2) is 88.1 Å². The van der Waals surface area contributed by atoms with Crippen molar-refractivity contribution in [1.82, 2.24) is 0 Å². The predicted octanol–water partition coefficient (Wildman–Crippen LogP) is 5.87. The van der Waals surface area contributed by atoms with Crippen molar-refractivity contribution in [3.63, 3.8) is 0 Å². The SMILES string of the molecule is O=C1C[C@@H](c2ccccc2OCCc2ccc3c(c2)CCO3)c2c(c(O)c(O)c3c(=O)cc(-c4ccccc4)oc23)O1. The van der Waals surface area contributed by atoms with Gasteiger partial charge in [-0.3, -0.25) is 9.59 Å². The molecule has 8 heteroatoms. The molecule has 42 heavy (non-hydrogen) atoms. The third-order valence-corrected chi connectivity index (χ3v) is 7.80. The Morgan fingerprint density at radius 3 is 2.57 bits per heavy atom. The molecular formula is C34H26O8. The molecule has 0 aliphatic carbocycles. The fraction of sp³-hybridized carbons (Fsp3) is 0.176. The first-order valence-electron chi connectivity index (χ1n) is 13.8. The number of ether oxygens (including phenoxy) is 3. The van der Waals surface area contributed by atoms with Gasteiger partial charge in [0.2, 0.25) is 5.75 Å². The number of carbonyl (C=O) groups is 1. The highest BCUT2D eigenvalue weighted by Gasteiger charge is 2.38. The van der Waals surface area contributed by atoms with Gasteiger partial charge in [-0.15, -0.1) is 0 Å². The summed E-state index contributed by atoms with van der Waals surface area (Å²) in [4.78, 5) is 26.1. The van der Waals surface area contributed by atoms with E-state index >= 15 is 0 Å². The fourth-order valence-corrected chi connectivity index (χ4v) is 5.79. The molecule has 3 heterocycles. The van der Waals surface area contributed by atoms with Crippen LogP contribution in [0.2, 0.25) is 0 Å². The number of fused-ring (bicyclic) bond motifs is 4. The van der Waals surface area contributed by atoms with Crippen LogP contribution in [0.25, 0.3) is 22.3 Å². The maximum absolute atomic E-state index is 13.3. The molecule has 0 unspecified atom stereocenters. The van der Waals surface area contributed by atoms with Crippen LogP contribution >= 0.6 is 0 Å². The number of carbonyl (C=O) groups excluding carboxylic acids is 1. The highest BCUT2D eigenvalue weighted by Crippen LogP contribution is 2.53. The first-order chi connectivity index (χ1) is 20.5. The molecule has 2 N–H and O–H groups in total. The van der Waals surface area contributed by atoms with Crippen LogP contribution in [0.5, 0.6) is 28.7 Å². The summed E-state index contributed by atoms with van der Waals surface area (Å²) in [6.07, 6.45) is 1.47. The zero-order valence-corrected chi connectivity index (χ0v) is 22.5. The summed E-state index contributed by atoms with van der Waals surface area (Å²) in [7, 11) is 0. The van der Waals surface area contributed by atoms with Gasteiger partial charge in [-0.2, -0.15) is 0 Å². The van der Waals surface area contributed by atoms with Crippen LogP contribution in [0.3, 0.4) is 0 Å². The zero-order valence-electron chi connectivity index (χ0n) is 22.5. The van der Waals surface area contributed by atoms with Gasteiger partial charge in [-0.25, -0.2) is 0 Å². The number of rotatable bonds is 6. The van der Waals surface area contributed by atoms with E-state index in [1.165, 1.54) is 11.6 Å². The molecule has 0 saturated carbocycles. The number of esters is 1. The number of phenols is 2. The minimum atomic E-state index is -0.699. The number of phenolic OH excluding ortho intramolecular Hbond substituents is 2. The first kappa shape index (κ1) is 25.7. The van der Waals surface area contributed by atoms with Gasteiger partial charge in [0.05, 0.1) is 25.2 Å². The van der Waals surface area contributed by atoms with Crippen molar-refractivity contribution in [1.29, 1.82) is 0 Å². The molecule has 0 bridgehead atoms. The van der Waals surface area contributed by atoms with E-state index in [1.54, 1.807) is 12.1 Å². The highest BCUT2D eigenvalue weighted by molar-refractivity contribution is 5.96. The summed E-state index contributed by atoms with van der Waals surface area (Å²) in [5.41, 5.74) is 3.44. The molecule has 210 valence electrons. The van der Waals surface area contributed by atoms with Gasteiger partial charge in [0, 0.05) is 36.0 Å². The van der Waals surface area contributed by atoms with Gasteiger partial charge >= 0.3 is 5.97 Å². The average Bonchev–Trinajstić information content (AvgIpc) is 3.48. The second-order valence-electron chi connectivity index (χ2n) is 10.4. The quantitative estimate of drug-likeness (QED) is 0.150. The molecule has 0 saturated heterocycles. The Hall–Kier alpha value is -5.24. The summed E-state index contributed by atoms with van der Waals surface area (Å²) in [5.74, 6) is -1.14. The minimum absolute atomic E-state index is 0.0410. The van der Waals surface area contributed by atoms with Crippen molar-refractivity contribution in [2.24, 2.45) is 0 Å². The predicted molar refractivity (Wildman–Crippen MR) is 155 cm³/mol. The average molecular weight is 563 g/mol. The molecule has 0 amide bonds. The van der Waals surface area contributed by atoms with Crippen molar-refractivity contribution >= 4 is 16.9 Å². The molecule has 0 fully saturated rings. The zero-order chi connectivity index (χ0) is 28.8. The standard InChI is InChI=1S/C34H26O8/c35-24-18-27(20-6-2-1-3-7-20)41-33-29-23(17-28(36)42-34(29)32(38)31(37)30(24)33)22-8-4-5-9-26(22)40-14-12-19-10-11-25-21(16-19)13-15-39-25/h1-11,16,18,23,37-38H,12-15,17H2/t23-/m0/s1. The van der Waals surface area contributed by atoms with Gasteiger partial charge in [0.25, 0.3) is 0 Å². The van der Waals surface area contributed by atoms with Gasteiger partial charge in [-0.05, 0) is 23.3 Å². The van der Waals surface area contributed by atoms with Crippen LogP contribution in [0, 0.1) is 0 Å². The van der Waals surface area contributed by atoms with Gasteiger partial charge in [-0.1, -0.05) is 60.7 Å². The van der Waals surface area contributed by atoms with Gasteiger partial charge < -0.3 is 28.8 Å². The molecule has 7 rings (SSSR count). The van der Waals surface area contributed by atoms with Crippen molar-refractivity contribution in [3.8, 4) is 40.1 Å². The van der Waals surface area contributed by atoms with E-state index in [4.69, 9.17) is 18.6 Å².